The summed E-state index contributed by atoms with van der Waals surface area (Å²) >= 11 is 0. The van der Waals surface area contributed by atoms with Gasteiger partial charge in [0, 0.05) is 12.2 Å². The van der Waals surface area contributed by atoms with E-state index in [1.165, 1.54) is 5.70 Å². The molecule has 0 aromatic heterocycles. The highest BCUT2D eigenvalue weighted by molar-refractivity contribution is 5.14. The van der Waals surface area contributed by atoms with Crippen molar-refractivity contribution < 1.29 is 0 Å². The molecule has 0 rings (SSSR count). The van der Waals surface area contributed by atoms with Crippen LogP contribution in [0.3, 0.4) is 0 Å². The monoisotopic (exact) mass is 125 g/mol. The molecule has 0 saturated carbocycles. The highest BCUT2D eigenvalue weighted by Crippen LogP contribution is 1.89. The minimum Gasteiger partial charge on any atom is -0.386 e. The van der Waals surface area contributed by atoms with Crippen LogP contribution in [0, 0.1) is 0 Å². The third-order valence-corrected chi connectivity index (χ3v) is 1.04. The Balaban J connectivity index is 3.70. The number of nitrogens with one attached hydrogen (secondary N) is 1. The lowest BCUT2D eigenvalue weighted by atomic mass is 10.3. The second-order valence-corrected chi connectivity index (χ2v) is 1.77. The first-order valence-corrected chi connectivity index (χ1v) is 3.38. The Morgan fingerprint density at radius 3 is 2.44 bits per heavy atom. The molecule has 52 valence electrons. The Hall–Kier alpha value is -0.720. The Labute approximate surface area is 57.5 Å². The summed E-state index contributed by atoms with van der Waals surface area (Å²) in [5, 5.41) is 3.21. The van der Waals surface area contributed by atoms with Crippen molar-refractivity contribution >= 4 is 0 Å². The Kier molecular flexibility index (Phi) is 4.98. The van der Waals surface area contributed by atoms with Crippen LogP contribution >= 0.6 is 0 Å². The van der Waals surface area contributed by atoms with Crippen LogP contribution in [0.15, 0.2) is 23.9 Å². The molecule has 0 spiro atoms. The molecular weight excluding hydrogens is 110 g/mol. The van der Waals surface area contributed by atoms with Crippen molar-refractivity contribution in [1.29, 1.82) is 0 Å². The van der Waals surface area contributed by atoms with Gasteiger partial charge in [-0.25, -0.2) is 0 Å². The molecule has 0 aromatic rings. The van der Waals surface area contributed by atoms with E-state index in [1.807, 2.05) is 19.9 Å². The predicted molar refractivity (Wildman–Crippen MR) is 42.2 cm³/mol. The topological polar surface area (TPSA) is 12.0 Å². The van der Waals surface area contributed by atoms with Crippen LogP contribution in [-0.4, -0.2) is 6.54 Å². The zero-order chi connectivity index (χ0) is 7.11. The van der Waals surface area contributed by atoms with E-state index >= 15 is 0 Å². The third kappa shape index (κ3) is 3.83. The molecule has 0 unspecified atom stereocenters. The fraction of sp³-hybridized carbons (Fsp3) is 0.500. The molecule has 1 heteroatoms. The molecular formula is C8H15N. The summed E-state index contributed by atoms with van der Waals surface area (Å²) in [5.74, 6) is 0. The summed E-state index contributed by atoms with van der Waals surface area (Å²) in [6.07, 6.45) is 6.14. The van der Waals surface area contributed by atoms with Crippen LogP contribution in [0.1, 0.15) is 20.8 Å². The fourth-order valence-electron chi connectivity index (χ4n) is 0.641. The van der Waals surface area contributed by atoms with Gasteiger partial charge < -0.3 is 5.32 Å². The van der Waals surface area contributed by atoms with Crippen molar-refractivity contribution in [3.8, 4) is 0 Å². The average molecular weight is 125 g/mol. The molecule has 0 amide bonds. The van der Waals surface area contributed by atoms with Gasteiger partial charge in [0.15, 0.2) is 0 Å². The molecule has 0 fully saturated rings. The minimum absolute atomic E-state index is 0.990. The van der Waals surface area contributed by atoms with Crippen LogP contribution in [-0.2, 0) is 0 Å². The number of hydrogen-bond donors (Lipinski definition) is 1. The quantitative estimate of drug-likeness (QED) is 0.569. The van der Waals surface area contributed by atoms with Gasteiger partial charge >= 0.3 is 0 Å². The summed E-state index contributed by atoms with van der Waals surface area (Å²) in [4.78, 5) is 0. The van der Waals surface area contributed by atoms with Crippen molar-refractivity contribution in [1.82, 2.24) is 5.32 Å². The normalized spacial score (nSPS) is 12.6. The molecule has 9 heavy (non-hydrogen) atoms. The summed E-state index contributed by atoms with van der Waals surface area (Å²) in [5.41, 5.74) is 1.19. The maximum absolute atomic E-state index is 3.21. The summed E-state index contributed by atoms with van der Waals surface area (Å²) in [6, 6.07) is 0. The smallest absolute Gasteiger partial charge is 0.0293 e. The highest BCUT2D eigenvalue weighted by Gasteiger charge is 1.81. The zero-order valence-electron chi connectivity index (χ0n) is 6.44. The molecule has 0 atom stereocenters. The van der Waals surface area contributed by atoms with Crippen LogP contribution in [0.4, 0.5) is 0 Å². The van der Waals surface area contributed by atoms with Gasteiger partial charge in [-0.3, -0.25) is 0 Å². The Bertz CT molecular complexity index is 112. The first-order chi connectivity index (χ1) is 4.35. The molecule has 0 radical (unpaired) electrons. The molecule has 0 saturated heterocycles. The second kappa shape index (κ2) is 5.42. The maximum Gasteiger partial charge on any atom is 0.0293 e. The zero-order valence-corrected chi connectivity index (χ0v) is 6.44. The SMILES string of the molecule is C/C=C\C(=C/C)NCC. The van der Waals surface area contributed by atoms with Gasteiger partial charge in [-0.1, -0.05) is 12.2 Å². The van der Waals surface area contributed by atoms with E-state index in [0.717, 1.165) is 6.54 Å². The third-order valence-electron chi connectivity index (χ3n) is 1.04. The second-order valence-electron chi connectivity index (χ2n) is 1.77. The van der Waals surface area contributed by atoms with Crippen LogP contribution in [0.5, 0.6) is 0 Å². The van der Waals surface area contributed by atoms with E-state index in [4.69, 9.17) is 0 Å². The maximum atomic E-state index is 3.21. The molecule has 1 N–H and O–H groups in total. The largest absolute Gasteiger partial charge is 0.386 e. The first kappa shape index (κ1) is 8.28. The van der Waals surface area contributed by atoms with Crippen molar-refractivity contribution in [3.63, 3.8) is 0 Å². The van der Waals surface area contributed by atoms with Crippen molar-refractivity contribution in [2.24, 2.45) is 0 Å². The van der Waals surface area contributed by atoms with E-state index in [1.54, 1.807) is 0 Å². The molecule has 0 aliphatic rings. The highest BCUT2D eigenvalue weighted by atomic mass is 14.9. The lowest BCUT2D eigenvalue weighted by Crippen LogP contribution is -2.09. The first-order valence-electron chi connectivity index (χ1n) is 3.38. The van der Waals surface area contributed by atoms with Gasteiger partial charge in [0.25, 0.3) is 0 Å². The molecule has 0 heterocycles. The van der Waals surface area contributed by atoms with Crippen molar-refractivity contribution in [2.75, 3.05) is 6.54 Å². The molecule has 0 aromatic carbocycles. The van der Waals surface area contributed by atoms with E-state index in [2.05, 4.69) is 24.4 Å². The van der Waals surface area contributed by atoms with Crippen molar-refractivity contribution in [3.05, 3.63) is 23.9 Å². The fourth-order valence-corrected chi connectivity index (χ4v) is 0.641. The van der Waals surface area contributed by atoms with Gasteiger partial charge in [0.05, 0.1) is 0 Å². The molecule has 0 bridgehead atoms. The number of hydrogen-bond acceptors (Lipinski definition) is 1. The Morgan fingerprint density at radius 1 is 1.44 bits per heavy atom. The van der Waals surface area contributed by atoms with Gasteiger partial charge in [0.1, 0.15) is 0 Å². The lowest BCUT2D eigenvalue weighted by molar-refractivity contribution is 0.876. The van der Waals surface area contributed by atoms with Crippen LogP contribution < -0.4 is 5.32 Å². The minimum atomic E-state index is 0.990. The van der Waals surface area contributed by atoms with Crippen molar-refractivity contribution in [2.45, 2.75) is 20.8 Å². The number of likely N-dealkylation sites (N-methyl/N-ethyl adjacent to an activating group) is 1. The van der Waals surface area contributed by atoms with Crippen LogP contribution in [0.25, 0.3) is 0 Å². The van der Waals surface area contributed by atoms with Gasteiger partial charge in [-0.15, -0.1) is 0 Å². The van der Waals surface area contributed by atoms with Gasteiger partial charge in [-0.2, -0.15) is 0 Å². The van der Waals surface area contributed by atoms with Gasteiger partial charge in [0.2, 0.25) is 0 Å². The number of rotatable bonds is 3. The Morgan fingerprint density at radius 2 is 2.11 bits per heavy atom. The predicted octanol–water partition coefficient (Wildman–Crippen LogP) is 2.08. The van der Waals surface area contributed by atoms with E-state index < -0.39 is 0 Å². The molecule has 0 aliphatic heterocycles. The summed E-state index contributed by atoms with van der Waals surface area (Å²) in [6.45, 7) is 7.12. The number of allylic oxidation sites excluding steroid dienone is 3. The van der Waals surface area contributed by atoms with E-state index in [-0.39, 0.29) is 0 Å². The molecule has 1 nitrogen and oxygen atoms in total. The summed E-state index contributed by atoms with van der Waals surface area (Å²) < 4.78 is 0. The average Bonchev–Trinajstić information content (AvgIpc) is 1.88. The van der Waals surface area contributed by atoms with E-state index in [0.29, 0.717) is 0 Å². The summed E-state index contributed by atoms with van der Waals surface area (Å²) in [7, 11) is 0. The van der Waals surface area contributed by atoms with Crippen LogP contribution in [0.2, 0.25) is 0 Å². The van der Waals surface area contributed by atoms with Gasteiger partial charge in [-0.05, 0) is 26.8 Å². The lowest BCUT2D eigenvalue weighted by Gasteiger charge is -2.00. The molecule has 0 aliphatic carbocycles. The van der Waals surface area contributed by atoms with E-state index in [9.17, 15) is 0 Å². The standard InChI is InChI=1S/C8H15N/c1-4-7-8(5-2)9-6-3/h4-5,7,9H,6H2,1-3H3/b7-4-,8-5+.